The van der Waals surface area contributed by atoms with Gasteiger partial charge in [-0.25, -0.2) is 14.0 Å². The summed E-state index contributed by atoms with van der Waals surface area (Å²) in [4.78, 5) is 35.2. The van der Waals surface area contributed by atoms with Crippen LogP contribution in [-0.2, 0) is 14.3 Å². The Labute approximate surface area is 143 Å². The van der Waals surface area contributed by atoms with Crippen LogP contribution in [0.5, 0.6) is 5.75 Å². The molecule has 2 amide bonds. The number of ether oxygens (including phenoxy) is 2. The highest BCUT2D eigenvalue weighted by Crippen LogP contribution is 2.32. The molecule has 1 aromatic carbocycles. The molecule has 0 spiro atoms. The zero-order valence-electron chi connectivity index (χ0n) is 14.0. The van der Waals surface area contributed by atoms with Crippen molar-refractivity contribution in [2.45, 2.75) is 44.9 Å². The lowest BCUT2D eigenvalue weighted by Crippen LogP contribution is -2.49. The Hall–Kier alpha value is -2.84. The van der Waals surface area contributed by atoms with Crippen LogP contribution in [0.4, 0.5) is 14.9 Å². The maximum absolute atomic E-state index is 13.6. The number of nitrogens with one attached hydrogen (secondary N) is 2. The minimum atomic E-state index is -1.42. The Morgan fingerprint density at radius 1 is 1.44 bits per heavy atom. The third-order valence-electron chi connectivity index (χ3n) is 3.22. The number of hydrogen-bond acceptors (Lipinski definition) is 5. The van der Waals surface area contributed by atoms with Crippen LogP contribution in [0.25, 0.3) is 0 Å². The van der Waals surface area contributed by atoms with E-state index in [4.69, 9.17) is 9.47 Å². The fraction of sp³-hybridized carbons (Fsp3) is 0.438. The molecule has 0 aliphatic carbocycles. The van der Waals surface area contributed by atoms with Crippen molar-refractivity contribution in [3.8, 4) is 5.75 Å². The molecule has 0 saturated heterocycles. The smallest absolute Gasteiger partial charge is 0.408 e. The highest BCUT2D eigenvalue weighted by Gasteiger charge is 2.35. The van der Waals surface area contributed by atoms with E-state index in [-0.39, 0.29) is 17.9 Å². The van der Waals surface area contributed by atoms with Gasteiger partial charge in [0.2, 0.25) is 0 Å². The summed E-state index contributed by atoms with van der Waals surface area (Å²) in [6.45, 7) is 4.89. The molecule has 1 unspecified atom stereocenters. The summed E-state index contributed by atoms with van der Waals surface area (Å²) in [5, 5.41) is 13.8. The summed E-state index contributed by atoms with van der Waals surface area (Å²) in [6.07, 6.45) is -2.48. The van der Waals surface area contributed by atoms with Gasteiger partial charge in [0.25, 0.3) is 5.91 Å². The number of alkyl carbamates (subject to hydrolysis) is 1. The Balaban J connectivity index is 2.08. The fourth-order valence-electron chi connectivity index (χ4n) is 2.17. The monoisotopic (exact) mass is 354 g/mol. The number of anilines is 1. The molecule has 0 saturated carbocycles. The molecule has 3 N–H and O–H groups in total. The van der Waals surface area contributed by atoms with Gasteiger partial charge in [-0.15, -0.1) is 0 Å². The largest absolute Gasteiger partial charge is 0.480 e. The first-order chi connectivity index (χ1) is 11.6. The zero-order valence-corrected chi connectivity index (χ0v) is 14.0. The van der Waals surface area contributed by atoms with Crippen molar-refractivity contribution in [1.29, 1.82) is 0 Å². The van der Waals surface area contributed by atoms with E-state index in [1.54, 1.807) is 20.8 Å². The second kappa shape index (κ2) is 6.96. The highest BCUT2D eigenvalue weighted by molar-refractivity contribution is 5.98. The van der Waals surface area contributed by atoms with Crippen LogP contribution < -0.4 is 15.4 Å². The van der Waals surface area contributed by atoms with Gasteiger partial charge in [0.05, 0.1) is 0 Å². The van der Waals surface area contributed by atoms with Gasteiger partial charge in [0.15, 0.2) is 11.9 Å². The van der Waals surface area contributed by atoms with Gasteiger partial charge in [-0.1, -0.05) is 6.07 Å². The van der Waals surface area contributed by atoms with E-state index in [2.05, 4.69) is 10.6 Å². The number of carbonyl (C=O) groups excluding carboxylic acids is 2. The van der Waals surface area contributed by atoms with Crippen molar-refractivity contribution in [3.63, 3.8) is 0 Å². The lowest BCUT2D eigenvalue weighted by atomic mass is 10.1. The number of carboxylic acids is 1. The summed E-state index contributed by atoms with van der Waals surface area (Å²) in [5.74, 6) is -2.63. The number of carbonyl (C=O) groups is 3. The molecule has 2 rings (SSSR count). The molecule has 0 aromatic heterocycles. The number of fused-ring (bicyclic) bond motifs is 1. The van der Waals surface area contributed by atoms with E-state index in [0.29, 0.717) is 0 Å². The van der Waals surface area contributed by atoms with Crippen LogP contribution in [0.15, 0.2) is 18.2 Å². The third-order valence-corrected chi connectivity index (χ3v) is 3.22. The van der Waals surface area contributed by atoms with Gasteiger partial charge in [0, 0.05) is 6.42 Å². The van der Waals surface area contributed by atoms with Crippen molar-refractivity contribution in [2.24, 2.45) is 0 Å². The quantitative estimate of drug-likeness (QED) is 0.761. The number of amides is 2. The molecule has 25 heavy (non-hydrogen) atoms. The van der Waals surface area contributed by atoms with E-state index in [1.165, 1.54) is 12.1 Å². The van der Waals surface area contributed by atoms with E-state index in [1.807, 2.05) is 0 Å². The molecule has 0 bridgehead atoms. The predicted octanol–water partition coefficient (Wildman–Crippen LogP) is 1.89. The molecule has 136 valence electrons. The van der Waals surface area contributed by atoms with E-state index >= 15 is 0 Å². The Morgan fingerprint density at radius 2 is 2.12 bits per heavy atom. The summed E-state index contributed by atoms with van der Waals surface area (Å²) >= 11 is 0. The van der Waals surface area contributed by atoms with E-state index in [9.17, 15) is 23.9 Å². The molecule has 9 heteroatoms. The van der Waals surface area contributed by atoms with Crippen molar-refractivity contribution >= 4 is 23.7 Å². The molecule has 8 nitrogen and oxygen atoms in total. The van der Waals surface area contributed by atoms with Gasteiger partial charge in [-0.2, -0.15) is 0 Å². The van der Waals surface area contributed by atoms with Crippen molar-refractivity contribution in [2.75, 3.05) is 5.32 Å². The molecule has 1 aromatic rings. The number of aliphatic carboxylic acids is 1. The van der Waals surface area contributed by atoms with Crippen molar-refractivity contribution in [1.82, 2.24) is 5.32 Å². The molecule has 2 atom stereocenters. The van der Waals surface area contributed by atoms with Crippen LogP contribution in [-0.4, -0.2) is 40.8 Å². The second-order valence-corrected chi connectivity index (χ2v) is 6.48. The number of benzene rings is 1. The van der Waals surface area contributed by atoms with Crippen molar-refractivity contribution in [3.05, 3.63) is 24.0 Å². The van der Waals surface area contributed by atoms with Crippen LogP contribution in [0, 0.1) is 5.82 Å². The van der Waals surface area contributed by atoms with Crippen LogP contribution in [0.2, 0.25) is 0 Å². The number of rotatable bonds is 4. The zero-order chi connectivity index (χ0) is 18.8. The standard InChI is InChI=1S/C16H19FN2O6/c1-16(2,3)25-15(23)18-9(14(21)22)7-11-13(20)19-12-8(17)5-4-6-10(12)24-11/h4-6,9,11H,7H2,1-3H3,(H,18,23)(H,19,20)(H,21,22)/t9?,11-/m0/s1. The molecular formula is C16H19FN2O6. The molecule has 0 fully saturated rings. The van der Waals surface area contributed by atoms with Crippen molar-refractivity contribution < 1.29 is 33.4 Å². The summed E-state index contributed by atoms with van der Waals surface area (Å²) in [7, 11) is 0. The van der Waals surface area contributed by atoms with E-state index in [0.717, 1.165) is 6.07 Å². The first kappa shape index (κ1) is 18.5. The van der Waals surface area contributed by atoms with Crippen LogP contribution in [0.1, 0.15) is 27.2 Å². The van der Waals surface area contributed by atoms with Gasteiger partial charge in [-0.05, 0) is 32.9 Å². The number of para-hydroxylation sites is 1. The molecular weight excluding hydrogens is 335 g/mol. The minimum absolute atomic E-state index is 0.0889. The number of halogens is 1. The van der Waals surface area contributed by atoms with Gasteiger partial charge in [-0.3, -0.25) is 4.79 Å². The average Bonchev–Trinajstić information content (AvgIpc) is 2.46. The fourth-order valence-corrected chi connectivity index (χ4v) is 2.17. The first-order valence-corrected chi connectivity index (χ1v) is 7.55. The lowest BCUT2D eigenvalue weighted by Gasteiger charge is -2.28. The van der Waals surface area contributed by atoms with Gasteiger partial charge >= 0.3 is 12.1 Å². The maximum Gasteiger partial charge on any atom is 0.408 e. The Kier molecular flexibility index (Phi) is 5.15. The van der Waals surface area contributed by atoms with Crippen LogP contribution >= 0.6 is 0 Å². The summed E-state index contributed by atoms with van der Waals surface area (Å²) < 4.78 is 24.0. The number of hydrogen-bond donors (Lipinski definition) is 3. The first-order valence-electron chi connectivity index (χ1n) is 7.55. The number of carboxylic acid groups (broad SMARTS) is 1. The van der Waals surface area contributed by atoms with Gasteiger partial charge in [0.1, 0.15) is 23.1 Å². The molecule has 1 aliphatic rings. The minimum Gasteiger partial charge on any atom is -0.480 e. The summed E-state index contributed by atoms with van der Waals surface area (Å²) in [6, 6.07) is 2.59. The topological polar surface area (TPSA) is 114 Å². The van der Waals surface area contributed by atoms with E-state index < -0.39 is 41.5 Å². The summed E-state index contributed by atoms with van der Waals surface area (Å²) in [5.41, 5.74) is -0.904. The lowest BCUT2D eigenvalue weighted by molar-refractivity contribution is -0.140. The van der Waals surface area contributed by atoms with Gasteiger partial charge < -0.3 is 25.2 Å². The molecule has 0 radical (unpaired) electrons. The average molecular weight is 354 g/mol. The SMILES string of the molecule is CC(C)(C)OC(=O)NC(C[C@@H]1Oc2cccc(F)c2NC1=O)C(=O)O. The van der Waals surface area contributed by atoms with Crippen LogP contribution in [0.3, 0.4) is 0 Å². The normalized spacial score (nSPS) is 17.6. The predicted molar refractivity (Wildman–Crippen MR) is 84.9 cm³/mol. The molecule has 1 aliphatic heterocycles. The molecule has 1 heterocycles. The Bertz CT molecular complexity index is 700. The third kappa shape index (κ3) is 4.82. The second-order valence-electron chi connectivity index (χ2n) is 6.48. The highest BCUT2D eigenvalue weighted by atomic mass is 19.1. The maximum atomic E-state index is 13.6. The Morgan fingerprint density at radius 3 is 2.72 bits per heavy atom.